The summed E-state index contributed by atoms with van der Waals surface area (Å²) in [5, 5.41) is 25.9. The first kappa shape index (κ1) is 64.9. The maximum Gasteiger partial charge on any atom is 0.471 e. The number of alkyl halides is 3. The number of hydrogen-bond acceptors (Lipinski definition) is 9. The van der Waals surface area contributed by atoms with Crippen LogP contribution >= 0.6 is 0 Å². The number of rotatable bonds is 17. The van der Waals surface area contributed by atoms with E-state index in [2.05, 4.69) is 82.7 Å². The lowest BCUT2D eigenvalue weighted by molar-refractivity contribution is -0.173. The van der Waals surface area contributed by atoms with Gasteiger partial charge in [-0.2, -0.15) is 13.2 Å². The van der Waals surface area contributed by atoms with Crippen molar-refractivity contribution in [2.75, 3.05) is 45.8 Å². The van der Waals surface area contributed by atoms with Gasteiger partial charge in [0.1, 0.15) is 0 Å². The van der Waals surface area contributed by atoms with Crippen LogP contribution in [-0.2, 0) is 19.1 Å². The van der Waals surface area contributed by atoms with Crippen LogP contribution in [0.1, 0.15) is 222 Å². The molecule has 4 saturated heterocycles. The van der Waals surface area contributed by atoms with E-state index in [-0.39, 0.29) is 47.4 Å². The van der Waals surface area contributed by atoms with E-state index in [4.69, 9.17) is 15.2 Å². The van der Waals surface area contributed by atoms with E-state index in [0.717, 1.165) is 153 Å². The highest BCUT2D eigenvalue weighted by Crippen LogP contribution is 2.67. The molecule has 0 radical (unpaired) electrons. The fourth-order valence-electron chi connectivity index (χ4n) is 22.0. The molecular formula is C72H114F3N5O6. The van der Waals surface area contributed by atoms with Crippen LogP contribution in [0, 0.1) is 70.0 Å². The zero-order chi connectivity index (χ0) is 61.1. The molecule has 14 heteroatoms. The average molecular weight is 1200 g/mol. The topological polar surface area (TPSA) is 150 Å². The Kier molecular flexibility index (Phi) is 19.8. The summed E-state index contributed by atoms with van der Waals surface area (Å²) in [6.45, 7) is 25.1. The van der Waals surface area contributed by atoms with E-state index < -0.39 is 12.1 Å². The number of nitrogens with zero attached hydrogens (tertiary/aromatic N) is 2. The SMILES string of the molecule is CC1=C2C[C@H]3[C@@H](CC=C4C[C@@H](O)CC[C@@]43C)[C@@H]2CC[C@]12O[C@@H]1C[C@H](C)CN(CCN)[C@H]1[C@H]2C.CC1=C2C[C@H]3[C@@H](CC=C4C[C@@H](O)CC[C@@]43C)[C@@H]2CC[C@]12O[C@@H]1C[C@H](C)CN(CCNC(=O)CCCCCCCCCCCNC(=O)C(F)(F)F)[C@H]1[C@H]2C. The molecular weight excluding hydrogens is 1090 g/mol. The molecule has 8 fully saturated rings. The second-order valence-corrected chi connectivity index (χ2v) is 31.2. The van der Waals surface area contributed by atoms with E-state index in [1.807, 2.05) is 5.32 Å². The molecule has 12 aliphatic rings. The van der Waals surface area contributed by atoms with Crippen LogP contribution in [0.5, 0.6) is 0 Å². The molecule has 2 spiro atoms. The van der Waals surface area contributed by atoms with Gasteiger partial charge in [-0.15, -0.1) is 0 Å². The highest BCUT2D eigenvalue weighted by atomic mass is 19.4. The minimum atomic E-state index is -4.80. The molecule has 11 nitrogen and oxygen atoms in total. The molecule has 0 aromatic rings. The number of carbonyl (C=O) groups is 2. The molecule has 2 amide bonds. The molecule has 0 aromatic carbocycles. The number of unbranched alkanes of at least 4 members (excludes halogenated alkanes) is 8. The third-order valence-corrected chi connectivity index (χ3v) is 26.5. The van der Waals surface area contributed by atoms with Crippen molar-refractivity contribution in [1.82, 2.24) is 20.4 Å². The zero-order valence-electron chi connectivity index (χ0n) is 54.4. The Labute approximate surface area is 515 Å². The van der Waals surface area contributed by atoms with Crippen molar-refractivity contribution in [2.45, 2.75) is 276 Å². The first-order valence-corrected chi connectivity index (χ1v) is 35.3. The Balaban J connectivity index is 0.000000198. The Hall–Kier alpha value is -2.59. The number of fused-ring (bicyclic) bond motifs is 12. The number of likely N-dealkylation sites (tertiary alicyclic amines) is 2. The van der Waals surface area contributed by atoms with Crippen molar-refractivity contribution in [1.29, 1.82) is 0 Å². The van der Waals surface area contributed by atoms with E-state index >= 15 is 0 Å². The molecule has 8 aliphatic carbocycles. The van der Waals surface area contributed by atoms with Gasteiger partial charge in [0, 0.05) is 76.2 Å². The predicted molar refractivity (Wildman–Crippen MR) is 334 cm³/mol. The van der Waals surface area contributed by atoms with Gasteiger partial charge in [-0.05, 0) is 199 Å². The van der Waals surface area contributed by atoms with Gasteiger partial charge < -0.3 is 36.1 Å². The molecule has 0 bridgehead atoms. The summed E-state index contributed by atoms with van der Waals surface area (Å²) < 4.78 is 51.1. The highest BCUT2D eigenvalue weighted by molar-refractivity contribution is 5.81. The fourth-order valence-corrected chi connectivity index (χ4v) is 22.0. The van der Waals surface area contributed by atoms with E-state index in [1.54, 1.807) is 27.9 Å². The van der Waals surface area contributed by atoms with Crippen LogP contribution in [0.2, 0.25) is 0 Å². The van der Waals surface area contributed by atoms with Gasteiger partial charge in [-0.25, -0.2) is 0 Å². The van der Waals surface area contributed by atoms with Gasteiger partial charge in [-0.3, -0.25) is 19.4 Å². The zero-order valence-corrected chi connectivity index (χ0v) is 54.4. The third kappa shape index (κ3) is 12.2. The van der Waals surface area contributed by atoms with Gasteiger partial charge in [0.15, 0.2) is 0 Å². The average Bonchev–Trinajstić information content (AvgIpc) is 1.56. The van der Waals surface area contributed by atoms with Gasteiger partial charge in [0.05, 0.1) is 35.6 Å². The molecule has 4 saturated carbocycles. The summed E-state index contributed by atoms with van der Waals surface area (Å²) in [4.78, 5) is 28.9. The monoisotopic (exact) mass is 1200 g/mol. The van der Waals surface area contributed by atoms with Crippen molar-refractivity contribution in [2.24, 2.45) is 75.7 Å². The molecule has 6 N–H and O–H groups in total. The number of allylic oxidation sites excluding steroid dienone is 4. The Bertz CT molecular complexity index is 2570. The molecule has 12 rings (SSSR count). The summed E-state index contributed by atoms with van der Waals surface area (Å²) >= 11 is 0. The van der Waals surface area contributed by atoms with Crippen molar-refractivity contribution in [3.8, 4) is 0 Å². The van der Waals surface area contributed by atoms with Crippen molar-refractivity contribution in [3.63, 3.8) is 0 Å². The third-order valence-electron chi connectivity index (χ3n) is 26.5. The molecule has 4 heterocycles. The molecule has 0 aromatic heterocycles. The highest BCUT2D eigenvalue weighted by Gasteiger charge is 2.64. The lowest BCUT2D eigenvalue weighted by Gasteiger charge is -2.49. The quantitative estimate of drug-likeness (QED) is 0.0709. The lowest BCUT2D eigenvalue weighted by atomic mass is 9.56. The van der Waals surface area contributed by atoms with Gasteiger partial charge in [0.25, 0.3) is 0 Å². The first-order valence-electron chi connectivity index (χ1n) is 35.3. The van der Waals surface area contributed by atoms with Crippen LogP contribution in [0.3, 0.4) is 0 Å². The van der Waals surface area contributed by atoms with Crippen LogP contribution in [-0.4, -0.2) is 132 Å². The number of hydrogen-bond donors (Lipinski definition) is 5. The minimum absolute atomic E-state index is 0.0640. The number of piperidine rings is 2. The van der Waals surface area contributed by atoms with Crippen LogP contribution < -0.4 is 16.4 Å². The van der Waals surface area contributed by atoms with Crippen LogP contribution in [0.25, 0.3) is 0 Å². The number of carbonyl (C=O) groups excluding carboxylic acids is 2. The van der Waals surface area contributed by atoms with E-state index in [0.29, 0.717) is 78.5 Å². The van der Waals surface area contributed by atoms with Crippen molar-refractivity contribution >= 4 is 11.8 Å². The maximum absolute atomic E-state index is 12.8. The first-order chi connectivity index (χ1) is 41.0. The number of aliphatic hydroxyl groups is 2. The van der Waals surface area contributed by atoms with Crippen molar-refractivity contribution in [3.05, 3.63) is 45.6 Å². The largest absolute Gasteiger partial charge is 0.471 e. The summed E-state index contributed by atoms with van der Waals surface area (Å²) in [5.41, 5.74) is 16.0. The van der Waals surface area contributed by atoms with E-state index in [9.17, 15) is 33.0 Å². The Morgan fingerprint density at radius 2 is 1.08 bits per heavy atom. The Morgan fingerprint density at radius 3 is 1.55 bits per heavy atom. The molecule has 4 aliphatic heterocycles. The van der Waals surface area contributed by atoms with Crippen molar-refractivity contribution < 1.29 is 42.4 Å². The van der Waals surface area contributed by atoms with Gasteiger partial charge in [-0.1, -0.05) is 121 Å². The predicted octanol–water partition coefficient (Wildman–Crippen LogP) is 13.1. The second-order valence-electron chi connectivity index (χ2n) is 31.2. The molecule has 484 valence electrons. The number of aliphatic hydroxyl groups excluding tert-OH is 2. The normalized spacial score (nSPS) is 42.5. The fraction of sp³-hybridized carbons (Fsp3) is 0.861. The van der Waals surface area contributed by atoms with Gasteiger partial charge in [0.2, 0.25) is 5.91 Å². The summed E-state index contributed by atoms with van der Waals surface area (Å²) in [7, 11) is 0. The van der Waals surface area contributed by atoms with Crippen LogP contribution in [0.15, 0.2) is 45.6 Å². The minimum Gasteiger partial charge on any atom is -0.393 e. The summed E-state index contributed by atoms with van der Waals surface area (Å²) in [5.74, 6) is 4.85. The number of nitrogens with two attached hydrogens (primary N) is 1. The second kappa shape index (κ2) is 26.2. The molecule has 0 unspecified atom stereocenters. The summed E-state index contributed by atoms with van der Waals surface area (Å²) in [6, 6.07) is 0.894. The number of ether oxygens (including phenoxy) is 2. The van der Waals surface area contributed by atoms with Crippen LogP contribution in [0.4, 0.5) is 13.2 Å². The summed E-state index contributed by atoms with van der Waals surface area (Å²) in [6.07, 6.45) is 27.6. The van der Waals surface area contributed by atoms with Gasteiger partial charge >= 0.3 is 12.1 Å². The van der Waals surface area contributed by atoms with E-state index in [1.165, 1.54) is 63.5 Å². The maximum atomic E-state index is 12.8. The number of nitrogens with one attached hydrogen (secondary N) is 2. The Morgan fingerprint density at radius 1 is 0.628 bits per heavy atom. The lowest BCUT2D eigenvalue weighted by Crippen LogP contribution is -2.54. The standard InChI is InChI=1S/C43H68F3N3O4.C29H46N2O2/c1-28-24-37-39(49(27-28)23-22-47-38(51)14-12-10-8-6-5-7-9-11-13-21-48-40(52)43(44,45)46)30(3)42(53-37)20-18-33-34-16-15-31-25-32(50)17-19-41(31,4)36(34)26-35(33)29(42)2;1-17-13-26-27(31(16-17)12-11-30)19(3)29(33-26)10-8-22-23-6-5-20-14-21(32)7-9-28(20,4)25(23)15-24(22)18(29)2/h15,28,30,32-34,36-37,39,50H,5-14,16-27H2,1-4H3,(H,47,51)(H,48,52);5,17,19,21-23,25-27,32H,6-16,30H2,1-4H3/t28-,30+,32-,33-,34-,36-,37+,39-,41-,42-;17-,19+,21-,22-,23-,25-,26+,27-,28-,29-/m00/s1. The number of halogens is 3. The molecule has 20 atom stereocenters. The number of amides is 2. The smallest absolute Gasteiger partial charge is 0.393 e. The molecule has 86 heavy (non-hydrogen) atoms.